The minimum absolute atomic E-state index is 0.0802. The molecule has 0 bridgehead atoms. The first kappa shape index (κ1) is 19.8. The number of hydrogen-bond acceptors (Lipinski definition) is 5. The molecule has 31 heavy (non-hydrogen) atoms. The lowest BCUT2D eigenvalue weighted by molar-refractivity contribution is -0.385. The normalized spacial score (nSPS) is 10.6. The maximum atomic E-state index is 13.4. The molecule has 4 aromatic rings. The third kappa shape index (κ3) is 4.27. The summed E-state index contributed by atoms with van der Waals surface area (Å²) in [6.07, 6.45) is 0. The standard InChI is InChI=1S/C23H14FN3O4/c24-19-9-7-15(8-10-19)18-13-22(16-3-1-5-20(11-16)26(28)29)25-23(14-18)17-4-2-6-21(12-17)27(30)31/h1-14H. The van der Waals surface area contributed by atoms with Gasteiger partial charge in [-0.1, -0.05) is 36.4 Å². The lowest BCUT2D eigenvalue weighted by Crippen LogP contribution is -1.94. The summed E-state index contributed by atoms with van der Waals surface area (Å²) in [5.41, 5.74) is 3.18. The van der Waals surface area contributed by atoms with Gasteiger partial charge in [0.05, 0.1) is 21.2 Å². The topological polar surface area (TPSA) is 99.2 Å². The maximum absolute atomic E-state index is 13.4. The first-order chi connectivity index (χ1) is 14.9. The quantitative estimate of drug-likeness (QED) is 0.292. The predicted molar refractivity (Wildman–Crippen MR) is 114 cm³/mol. The molecule has 1 aromatic heterocycles. The zero-order valence-corrected chi connectivity index (χ0v) is 15.9. The van der Waals surface area contributed by atoms with E-state index in [1.807, 2.05) is 0 Å². The van der Waals surface area contributed by atoms with Crippen molar-refractivity contribution in [2.75, 3.05) is 0 Å². The summed E-state index contributed by atoms with van der Waals surface area (Å²) in [6, 6.07) is 21.5. The molecule has 0 spiro atoms. The summed E-state index contributed by atoms with van der Waals surface area (Å²) >= 11 is 0. The van der Waals surface area contributed by atoms with Crippen LogP contribution in [0, 0.1) is 26.0 Å². The van der Waals surface area contributed by atoms with Crippen molar-refractivity contribution in [1.82, 2.24) is 4.98 Å². The van der Waals surface area contributed by atoms with Gasteiger partial charge in [-0.3, -0.25) is 20.2 Å². The van der Waals surface area contributed by atoms with Gasteiger partial charge in [0.25, 0.3) is 11.4 Å². The highest BCUT2D eigenvalue weighted by molar-refractivity contribution is 5.77. The molecule has 0 saturated heterocycles. The molecule has 0 amide bonds. The third-order valence-electron chi connectivity index (χ3n) is 4.71. The van der Waals surface area contributed by atoms with Crippen molar-refractivity contribution in [2.24, 2.45) is 0 Å². The number of nitro groups is 2. The average molecular weight is 415 g/mol. The largest absolute Gasteiger partial charge is 0.270 e. The molecule has 4 rings (SSSR count). The van der Waals surface area contributed by atoms with Crippen LogP contribution >= 0.6 is 0 Å². The molecule has 0 radical (unpaired) electrons. The predicted octanol–water partition coefficient (Wildman–Crippen LogP) is 6.04. The fourth-order valence-corrected chi connectivity index (χ4v) is 3.19. The smallest absolute Gasteiger partial charge is 0.258 e. The molecule has 152 valence electrons. The minimum atomic E-state index is -0.491. The van der Waals surface area contributed by atoms with Gasteiger partial charge in [0.1, 0.15) is 5.82 Å². The molecule has 0 atom stereocenters. The molecule has 0 aliphatic heterocycles. The van der Waals surface area contributed by atoms with Crippen LogP contribution in [0.1, 0.15) is 0 Å². The molecule has 0 aliphatic carbocycles. The summed E-state index contributed by atoms with van der Waals surface area (Å²) in [7, 11) is 0. The Bertz CT molecular complexity index is 1230. The molecule has 8 heteroatoms. The molecule has 0 saturated carbocycles. The van der Waals surface area contributed by atoms with Crippen LogP contribution in [-0.2, 0) is 0 Å². The van der Waals surface area contributed by atoms with E-state index in [9.17, 15) is 24.6 Å². The Morgan fingerprint density at radius 2 is 1.10 bits per heavy atom. The molecule has 3 aromatic carbocycles. The van der Waals surface area contributed by atoms with E-state index >= 15 is 0 Å². The van der Waals surface area contributed by atoms with Gasteiger partial charge in [0.2, 0.25) is 0 Å². The van der Waals surface area contributed by atoms with Gasteiger partial charge in [0, 0.05) is 35.4 Å². The van der Waals surface area contributed by atoms with Crippen LogP contribution in [-0.4, -0.2) is 14.8 Å². The second kappa shape index (κ2) is 8.11. The molecule has 0 unspecified atom stereocenters. The number of hydrogen-bond donors (Lipinski definition) is 0. The van der Waals surface area contributed by atoms with Crippen molar-refractivity contribution in [2.45, 2.75) is 0 Å². The summed E-state index contributed by atoms with van der Waals surface area (Å²) in [4.78, 5) is 26.0. The van der Waals surface area contributed by atoms with Gasteiger partial charge >= 0.3 is 0 Å². The van der Waals surface area contributed by atoms with Crippen molar-refractivity contribution >= 4 is 11.4 Å². The van der Waals surface area contributed by atoms with Gasteiger partial charge in [-0.15, -0.1) is 0 Å². The van der Waals surface area contributed by atoms with E-state index in [1.165, 1.54) is 36.4 Å². The number of pyridine rings is 1. The second-order valence-corrected chi connectivity index (χ2v) is 6.75. The number of nitrogens with zero attached hydrogens (tertiary/aromatic N) is 3. The van der Waals surface area contributed by atoms with E-state index in [1.54, 1.807) is 48.5 Å². The Kier molecular flexibility index (Phi) is 5.19. The summed E-state index contributed by atoms with van der Waals surface area (Å²) < 4.78 is 13.4. The number of benzene rings is 3. The number of nitro benzene ring substituents is 2. The van der Waals surface area contributed by atoms with E-state index in [4.69, 9.17) is 0 Å². The Labute approximate surface area is 175 Å². The third-order valence-corrected chi connectivity index (χ3v) is 4.71. The summed E-state index contributed by atoms with van der Waals surface area (Å²) in [6.45, 7) is 0. The Balaban J connectivity index is 1.92. The van der Waals surface area contributed by atoms with Crippen LogP contribution in [0.3, 0.4) is 0 Å². The Hall–Kier alpha value is -4.46. The van der Waals surface area contributed by atoms with Crippen LogP contribution in [0.4, 0.5) is 15.8 Å². The van der Waals surface area contributed by atoms with Crippen molar-refractivity contribution in [3.63, 3.8) is 0 Å². The average Bonchev–Trinajstić information content (AvgIpc) is 2.79. The van der Waals surface area contributed by atoms with E-state index in [-0.39, 0.29) is 17.2 Å². The molecular formula is C23H14FN3O4. The van der Waals surface area contributed by atoms with E-state index in [0.29, 0.717) is 33.6 Å². The van der Waals surface area contributed by atoms with Gasteiger partial charge in [-0.25, -0.2) is 9.37 Å². The molecule has 7 nitrogen and oxygen atoms in total. The Morgan fingerprint density at radius 1 is 0.613 bits per heavy atom. The van der Waals surface area contributed by atoms with Crippen LogP contribution in [0.2, 0.25) is 0 Å². The van der Waals surface area contributed by atoms with Gasteiger partial charge in [-0.2, -0.15) is 0 Å². The lowest BCUT2D eigenvalue weighted by Gasteiger charge is -2.10. The summed E-state index contributed by atoms with van der Waals surface area (Å²) in [5.74, 6) is -0.379. The van der Waals surface area contributed by atoms with Gasteiger partial charge in [-0.05, 0) is 35.4 Å². The molecule has 1 heterocycles. The lowest BCUT2D eigenvalue weighted by atomic mass is 9.99. The van der Waals surface area contributed by atoms with E-state index < -0.39 is 9.85 Å². The fraction of sp³-hybridized carbons (Fsp3) is 0. The monoisotopic (exact) mass is 415 g/mol. The van der Waals surface area contributed by atoms with Gasteiger partial charge in [0.15, 0.2) is 0 Å². The van der Waals surface area contributed by atoms with Gasteiger partial charge < -0.3 is 0 Å². The number of aromatic nitrogens is 1. The highest BCUT2D eigenvalue weighted by Crippen LogP contribution is 2.32. The van der Waals surface area contributed by atoms with Crippen molar-refractivity contribution in [3.8, 4) is 33.6 Å². The van der Waals surface area contributed by atoms with Crippen molar-refractivity contribution in [3.05, 3.63) is 111 Å². The number of non-ortho nitro benzene ring substituents is 2. The van der Waals surface area contributed by atoms with Crippen LogP contribution in [0.5, 0.6) is 0 Å². The van der Waals surface area contributed by atoms with Crippen molar-refractivity contribution < 1.29 is 14.2 Å². The maximum Gasteiger partial charge on any atom is 0.270 e. The first-order valence-electron chi connectivity index (χ1n) is 9.18. The zero-order chi connectivity index (χ0) is 22.0. The van der Waals surface area contributed by atoms with Crippen molar-refractivity contribution in [1.29, 1.82) is 0 Å². The zero-order valence-electron chi connectivity index (χ0n) is 15.9. The second-order valence-electron chi connectivity index (χ2n) is 6.75. The van der Waals surface area contributed by atoms with E-state index in [2.05, 4.69) is 4.98 Å². The molecule has 0 aliphatic rings. The SMILES string of the molecule is O=[N+]([O-])c1cccc(-c2cc(-c3ccc(F)cc3)cc(-c3cccc([N+](=O)[O-])c3)n2)c1. The fourth-order valence-electron chi connectivity index (χ4n) is 3.19. The van der Waals surface area contributed by atoms with Crippen LogP contribution in [0.25, 0.3) is 33.6 Å². The van der Waals surface area contributed by atoms with Crippen LogP contribution in [0.15, 0.2) is 84.9 Å². The highest BCUT2D eigenvalue weighted by atomic mass is 19.1. The molecule has 0 N–H and O–H groups in total. The number of halogens is 1. The Morgan fingerprint density at radius 3 is 1.55 bits per heavy atom. The minimum Gasteiger partial charge on any atom is -0.258 e. The van der Waals surface area contributed by atoms with Crippen LogP contribution < -0.4 is 0 Å². The first-order valence-corrected chi connectivity index (χ1v) is 9.18. The molecule has 0 fully saturated rings. The summed E-state index contributed by atoms with van der Waals surface area (Å²) in [5, 5.41) is 22.4. The molecular weight excluding hydrogens is 401 g/mol. The number of rotatable bonds is 5. The highest BCUT2D eigenvalue weighted by Gasteiger charge is 2.14. The van der Waals surface area contributed by atoms with E-state index in [0.717, 1.165) is 0 Å².